The first kappa shape index (κ1) is 26.9. The molecule has 2 aromatic heterocycles. The first-order chi connectivity index (χ1) is 18.0. The number of hydrogen-bond acceptors (Lipinski definition) is 11. The predicted molar refractivity (Wildman–Crippen MR) is 145 cm³/mol. The highest BCUT2D eigenvalue weighted by atomic mass is 32.2. The van der Waals surface area contributed by atoms with Gasteiger partial charge in [-0.15, -0.1) is 22.7 Å². The van der Waals surface area contributed by atoms with Crippen molar-refractivity contribution in [3.05, 3.63) is 83.8 Å². The van der Waals surface area contributed by atoms with E-state index in [1.165, 1.54) is 72.3 Å². The number of nitrogens with zero attached hydrogens (tertiary/aromatic N) is 3. The number of amides is 2. The van der Waals surface area contributed by atoms with Crippen LogP contribution in [0.2, 0.25) is 0 Å². The maximum atomic E-state index is 12.2. The van der Waals surface area contributed by atoms with Crippen molar-refractivity contribution in [1.29, 1.82) is 0 Å². The van der Waals surface area contributed by atoms with E-state index in [0.717, 1.165) is 28.4 Å². The quantitative estimate of drug-likeness (QED) is 0.215. The molecule has 0 fully saturated rings. The molecule has 0 unspecified atom stereocenters. The van der Waals surface area contributed by atoms with Crippen LogP contribution in [0.1, 0.15) is 0 Å². The second kappa shape index (κ2) is 11.1. The fourth-order valence-corrected chi connectivity index (χ4v) is 6.55. The lowest BCUT2D eigenvalue weighted by Crippen LogP contribution is -2.29. The number of nitrogens with two attached hydrogens (primary N) is 1. The van der Waals surface area contributed by atoms with Crippen molar-refractivity contribution in [3.63, 3.8) is 0 Å². The fraction of sp³-hybridized carbons (Fsp3) is 0. The molecular formula is C22H18N6O6S4. The predicted octanol–water partition coefficient (Wildman–Crippen LogP) is 2.90. The van der Waals surface area contributed by atoms with E-state index in [2.05, 4.69) is 19.4 Å². The van der Waals surface area contributed by atoms with Crippen molar-refractivity contribution in [1.82, 2.24) is 9.97 Å². The van der Waals surface area contributed by atoms with Gasteiger partial charge in [0.1, 0.15) is 0 Å². The van der Waals surface area contributed by atoms with E-state index < -0.39 is 31.9 Å². The summed E-state index contributed by atoms with van der Waals surface area (Å²) >= 11 is 2.38. The van der Waals surface area contributed by atoms with E-state index >= 15 is 0 Å². The minimum absolute atomic E-state index is 0.0125. The molecule has 4 N–H and O–H groups in total. The van der Waals surface area contributed by atoms with Gasteiger partial charge in [-0.25, -0.2) is 31.7 Å². The zero-order chi connectivity index (χ0) is 27.3. The number of imide groups is 1. The molecule has 0 aliphatic carbocycles. The fourth-order valence-electron chi connectivity index (χ4n) is 2.97. The largest absolute Gasteiger partial charge is 0.399 e. The lowest BCUT2D eigenvalue weighted by molar-refractivity contribution is -0.119. The van der Waals surface area contributed by atoms with E-state index in [4.69, 9.17) is 5.73 Å². The van der Waals surface area contributed by atoms with Gasteiger partial charge >= 0.3 is 0 Å². The number of nitrogens with one attached hydrogen (secondary N) is 2. The summed E-state index contributed by atoms with van der Waals surface area (Å²) < 4.78 is 52.7. The lowest BCUT2D eigenvalue weighted by Gasteiger charge is -2.14. The summed E-state index contributed by atoms with van der Waals surface area (Å²) in [7, 11) is -7.31. The molecule has 2 aromatic carbocycles. The van der Waals surface area contributed by atoms with Gasteiger partial charge in [0.05, 0.1) is 15.5 Å². The maximum absolute atomic E-state index is 12.2. The molecule has 2 amide bonds. The van der Waals surface area contributed by atoms with Gasteiger partial charge in [-0.2, -0.15) is 0 Å². The molecule has 0 saturated carbocycles. The smallest absolute Gasteiger partial charge is 0.263 e. The van der Waals surface area contributed by atoms with Crippen molar-refractivity contribution in [2.75, 3.05) is 20.1 Å². The Bertz CT molecular complexity index is 1650. The zero-order valence-corrected chi connectivity index (χ0v) is 22.4. The molecule has 0 saturated heterocycles. The Morgan fingerprint density at radius 1 is 0.684 bits per heavy atom. The van der Waals surface area contributed by atoms with Crippen LogP contribution in [0.4, 0.5) is 21.6 Å². The van der Waals surface area contributed by atoms with Gasteiger partial charge in [0.25, 0.3) is 31.9 Å². The highest BCUT2D eigenvalue weighted by Gasteiger charge is 2.25. The number of thiazole rings is 2. The first-order valence-corrected chi connectivity index (χ1v) is 15.1. The van der Waals surface area contributed by atoms with Gasteiger partial charge in [0, 0.05) is 41.0 Å². The monoisotopic (exact) mass is 590 g/mol. The number of hydrogen-bond donors (Lipinski definition) is 3. The Hall–Kier alpha value is -4.12. The molecule has 3 heterocycles. The molecule has 1 aliphatic heterocycles. The van der Waals surface area contributed by atoms with E-state index in [0.29, 0.717) is 16.5 Å². The van der Waals surface area contributed by atoms with Gasteiger partial charge < -0.3 is 5.73 Å². The molecule has 12 nitrogen and oxygen atoms in total. The minimum atomic E-state index is -3.76. The third-order valence-electron chi connectivity index (χ3n) is 4.71. The molecule has 5 rings (SSSR count). The Balaban J connectivity index is 0.000000186. The highest BCUT2D eigenvalue weighted by molar-refractivity contribution is 7.93. The van der Waals surface area contributed by atoms with Crippen LogP contribution >= 0.6 is 22.7 Å². The minimum Gasteiger partial charge on any atom is -0.399 e. The first-order valence-electron chi connectivity index (χ1n) is 10.4. The molecule has 38 heavy (non-hydrogen) atoms. The molecular weight excluding hydrogens is 573 g/mol. The summed E-state index contributed by atoms with van der Waals surface area (Å²) in [5.74, 6) is -0.914. The molecule has 0 radical (unpaired) electrons. The number of carbonyl (C=O) groups excluding carboxylic acids is 2. The Morgan fingerprint density at radius 2 is 1.11 bits per heavy atom. The van der Waals surface area contributed by atoms with E-state index in [9.17, 15) is 26.4 Å². The van der Waals surface area contributed by atoms with Gasteiger partial charge in [0.2, 0.25) is 0 Å². The van der Waals surface area contributed by atoms with Crippen LogP contribution in [0.15, 0.2) is 93.6 Å². The van der Waals surface area contributed by atoms with Crippen LogP contribution in [0.25, 0.3) is 0 Å². The highest BCUT2D eigenvalue weighted by Crippen LogP contribution is 2.23. The maximum Gasteiger partial charge on any atom is 0.263 e. The van der Waals surface area contributed by atoms with Crippen LogP contribution in [0, 0.1) is 0 Å². The second-order valence-electron chi connectivity index (χ2n) is 7.29. The van der Waals surface area contributed by atoms with Crippen molar-refractivity contribution >= 4 is 76.2 Å². The van der Waals surface area contributed by atoms with Crippen molar-refractivity contribution in [2.24, 2.45) is 0 Å². The SMILES string of the molecule is Nc1ccc(S(=O)(=O)Nc2nccs2)cc1.O=C1C=CC(=O)N1c1ccc(S(=O)(=O)Nc2nccs2)cc1. The molecule has 0 atom stereocenters. The molecule has 1 aliphatic rings. The lowest BCUT2D eigenvalue weighted by atomic mass is 10.3. The standard InChI is InChI=1S/C13H9N3O4S2.C9H9N3O2S2/c17-11-5-6-12(18)16(11)9-1-3-10(4-2-9)22(19,20)15-13-14-7-8-21-13;10-7-1-3-8(4-2-7)16(13,14)12-9-11-5-6-15-9/h1-8H,(H,14,15);1-6H,10H2,(H,11,12). The number of rotatable bonds is 7. The number of benzene rings is 2. The van der Waals surface area contributed by atoms with Gasteiger partial charge in [-0.1, -0.05) is 0 Å². The number of carbonyl (C=O) groups is 2. The molecule has 196 valence electrons. The molecule has 0 bridgehead atoms. The van der Waals surface area contributed by atoms with Crippen LogP contribution in [-0.2, 0) is 29.6 Å². The summed E-state index contributed by atoms with van der Waals surface area (Å²) in [5, 5.41) is 3.95. The van der Waals surface area contributed by atoms with E-state index in [-0.39, 0.29) is 14.9 Å². The van der Waals surface area contributed by atoms with Crippen molar-refractivity contribution < 1.29 is 26.4 Å². The van der Waals surface area contributed by atoms with E-state index in [1.54, 1.807) is 10.8 Å². The average molecular weight is 591 g/mol. The number of nitrogen functional groups attached to an aromatic ring is 1. The summed E-state index contributed by atoms with van der Waals surface area (Å²) in [6.45, 7) is 0. The van der Waals surface area contributed by atoms with Crippen LogP contribution in [0.3, 0.4) is 0 Å². The van der Waals surface area contributed by atoms with Crippen molar-refractivity contribution in [2.45, 2.75) is 9.79 Å². The summed E-state index contributed by atoms with van der Waals surface area (Å²) in [6, 6.07) is 11.4. The third kappa shape index (κ3) is 6.41. The van der Waals surface area contributed by atoms with Gasteiger partial charge in [-0.05, 0) is 48.5 Å². The second-order valence-corrected chi connectivity index (χ2v) is 12.4. The van der Waals surface area contributed by atoms with Crippen LogP contribution in [-0.4, -0.2) is 38.6 Å². The molecule has 4 aromatic rings. The summed E-state index contributed by atoms with van der Waals surface area (Å²) in [6.07, 6.45) is 5.35. The van der Waals surface area contributed by atoms with E-state index in [1.807, 2.05) is 0 Å². The average Bonchev–Trinajstić information content (AvgIpc) is 3.64. The Morgan fingerprint density at radius 3 is 1.50 bits per heavy atom. The summed E-state index contributed by atoms with van der Waals surface area (Å²) in [5.41, 5.74) is 6.32. The van der Waals surface area contributed by atoms with Crippen molar-refractivity contribution in [3.8, 4) is 0 Å². The third-order valence-corrected chi connectivity index (χ3v) is 9.06. The Labute approximate surface area is 225 Å². The zero-order valence-electron chi connectivity index (χ0n) is 19.1. The molecule has 0 spiro atoms. The summed E-state index contributed by atoms with van der Waals surface area (Å²) in [4.78, 5) is 32.0. The van der Waals surface area contributed by atoms with Gasteiger partial charge in [0.15, 0.2) is 10.3 Å². The van der Waals surface area contributed by atoms with Gasteiger partial charge in [-0.3, -0.25) is 19.0 Å². The topological polar surface area (TPSA) is 182 Å². The van der Waals surface area contributed by atoms with Crippen LogP contribution < -0.4 is 20.1 Å². The van der Waals surface area contributed by atoms with Crippen LogP contribution in [0.5, 0.6) is 0 Å². The Kier molecular flexibility index (Phi) is 7.86. The number of aromatic nitrogens is 2. The number of anilines is 4. The molecule has 16 heteroatoms. The number of sulfonamides is 2. The normalized spacial score (nSPS) is 13.2.